The monoisotopic (exact) mass is 160 g/mol. The van der Waals surface area contributed by atoms with Crippen molar-refractivity contribution in [1.29, 1.82) is 0 Å². The van der Waals surface area contributed by atoms with E-state index in [4.69, 9.17) is 0 Å². The first-order valence-electron chi connectivity index (χ1n) is 3.39. The van der Waals surface area contributed by atoms with Gasteiger partial charge < -0.3 is 10.1 Å². The molecule has 0 aliphatic rings. The van der Waals surface area contributed by atoms with Crippen LogP contribution in [0.3, 0.4) is 0 Å². The molecule has 0 aromatic carbocycles. The first-order chi connectivity index (χ1) is 5.16. The van der Waals surface area contributed by atoms with Crippen LogP contribution < -0.4 is 5.32 Å². The van der Waals surface area contributed by atoms with E-state index >= 15 is 0 Å². The van der Waals surface area contributed by atoms with Crippen molar-refractivity contribution in [2.45, 2.75) is 19.9 Å². The Morgan fingerprint density at radius 1 is 1.64 bits per heavy atom. The Labute approximate surface area is 65.1 Å². The van der Waals surface area contributed by atoms with E-state index in [0.29, 0.717) is 0 Å². The molecule has 0 atom stereocenters. The molecule has 0 spiro atoms. The van der Waals surface area contributed by atoms with Gasteiger partial charge in [0.2, 0.25) is 0 Å². The molecule has 0 aromatic heterocycles. The van der Waals surface area contributed by atoms with Crippen molar-refractivity contribution in [3.8, 4) is 0 Å². The summed E-state index contributed by atoms with van der Waals surface area (Å²) in [5, 5.41) is 5.03. The van der Waals surface area contributed by atoms with Crippen molar-refractivity contribution in [2.24, 2.45) is 5.18 Å². The van der Waals surface area contributed by atoms with Crippen molar-refractivity contribution in [3.05, 3.63) is 4.91 Å². The van der Waals surface area contributed by atoms with Crippen LogP contribution in [0.5, 0.6) is 0 Å². The van der Waals surface area contributed by atoms with Crippen LogP contribution in [0, 0.1) is 4.91 Å². The topological polar surface area (TPSA) is 67.8 Å². The van der Waals surface area contributed by atoms with Gasteiger partial charge in [0, 0.05) is 6.04 Å². The summed E-state index contributed by atoms with van der Waals surface area (Å²) in [7, 11) is 0. The summed E-state index contributed by atoms with van der Waals surface area (Å²) in [5.74, 6) is 0. The second-order valence-corrected chi connectivity index (χ2v) is 2.29. The van der Waals surface area contributed by atoms with Gasteiger partial charge in [0.25, 0.3) is 0 Å². The summed E-state index contributed by atoms with van der Waals surface area (Å²) in [6.07, 6.45) is -0.511. The number of carbonyl (C=O) groups excluding carboxylic acids is 1. The number of ether oxygens (including phenoxy) is 1. The van der Waals surface area contributed by atoms with Crippen molar-refractivity contribution in [3.63, 3.8) is 0 Å². The van der Waals surface area contributed by atoms with Gasteiger partial charge in [0.15, 0.2) is 0 Å². The lowest BCUT2D eigenvalue weighted by atomic mass is 10.4. The summed E-state index contributed by atoms with van der Waals surface area (Å²) < 4.78 is 4.55. The molecule has 5 heteroatoms. The standard InChI is InChI=1S/C6H12N2O3/c1-5(2)8-6(9)11-4-3-7-10/h5H,3-4H2,1-2H3,(H,8,9). The van der Waals surface area contributed by atoms with Gasteiger partial charge in [0.1, 0.15) is 13.2 Å². The molecule has 0 aliphatic heterocycles. The van der Waals surface area contributed by atoms with E-state index in [1.807, 2.05) is 13.8 Å². The minimum atomic E-state index is -0.511. The zero-order valence-corrected chi connectivity index (χ0v) is 6.66. The third-order valence-corrected chi connectivity index (χ3v) is 0.822. The quantitative estimate of drug-likeness (QED) is 0.490. The fourth-order valence-electron chi connectivity index (χ4n) is 0.453. The van der Waals surface area contributed by atoms with Gasteiger partial charge in [-0.05, 0) is 13.8 Å². The average molecular weight is 160 g/mol. The molecule has 64 valence electrons. The molecule has 0 fully saturated rings. The lowest BCUT2D eigenvalue weighted by Gasteiger charge is -2.07. The minimum Gasteiger partial charge on any atom is -0.447 e. The highest BCUT2D eigenvalue weighted by atomic mass is 16.5. The highest BCUT2D eigenvalue weighted by molar-refractivity contribution is 5.67. The number of carbonyl (C=O) groups is 1. The molecule has 0 saturated heterocycles. The van der Waals surface area contributed by atoms with Gasteiger partial charge in [-0.3, -0.25) is 0 Å². The van der Waals surface area contributed by atoms with Crippen molar-refractivity contribution in [1.82, 2.24) is 5.32 Å². The predicted octanol–water partition coefficient (Wildman–Crippen LogP) is 0.887. The summed E-state index contributed by atoms with van der Waals surface area (Å²) in [6.45, 7) is 3.69. The van der Waals surface area contributed by atoms with Crippen LogP contribution in [0.4, 0.5) is 4.79 Å². The van der Waals surface area contributed by atoms with Gasteiger partial charge >= 0.3 is 6.09 Å². The molecule has 0 aromatic rings. The van der Waals surface area contributed by atoms with Crippen LogP contribution in [0.15, 0.2) is 5.18 Å². The molecule has 0 saturated carbocycles. The van der Waals surface area contributed by atoms with Crippen molar-refractivity contribution in [2.75, 3.05) is 13.2 Å². The van der Waals surface area contributed by atoms with Crippen molar-refractivity contribution < 1.29 is 9.53 Å². The number of nitrogens with one attached hydrogen (secondary N) is 1. The maximum absolute atomic E-state index is 10.7. The molecule has 0 unspecified atom stereocenters. The van der Waals surface area contributed by atoms with Crippen LogP contribution in [-0.4, -0.2) is 25.3 Å². The third kappa shape index (κ3) is 6.76. The third-order valence-electron chi connectivity index (χ3n) is 0.822. The lowest BCUT2D eigenvalue weighted by Crippen LogP contribution is -2.31. The summed E-state index contributed by atoms with van der Waals surface area (Å²) in [6, 6.07) is 0.0479. The molecule has 0 rings (SSSR count). The Bertz CT molecular complexity index is 136. The molecule has 0 heterocycles. The van der Waals surface area contributed by atoms with E-state index < -0.39 is 6.09 Å². The van der Waals surface area contributed by atoms with Gasteiger partial charge in [-0.15, -0.1) is 0 Å². The van der Waals surface area contributed by atoms with Crippen LogP contribution in [0.25, 0.3) is 0 Å². The highest BCUT2D eigenvalue weighted by Gasteiger charge is 2.01. The number of rotatable bonds is 4. The zero-order valence-electron chi connectivity index (χ0n) is 6.66. The SMILES string of the molecule is CC(C)NC(=O)OCCN=O. The Morgan fingerprint density at radius 2 is 2.27 bits per heavy atom. The molecule has 1 amide bonds. The first kappa shape index (κ1) is 9.87. The van der Waals surface area contributed by atoms with E-state index in [1.54, 1.807) is 0 Å². The van der Waals surface area contributed by atoms with E-state index in [2.05, 4.69) is 15.2 Å². The Kier molecular flexibility index (Phi) is 5.06. The van der Waals surface area contributed by atoms with Gasteiger partial charge in [-0.1, -0.05) is 5.18 Å². The molecular formula is C6H12N2O3. The van der Waals surface area contributed by atoms with E-state index in [0.717, 1.165) is 0 Å². The van der Waals surface area contributed by atoms with E-state index in [-0.39, 0.29) is 19.2 Å². The first-order valence-corrected chi connectivity index (χ1v) is 3.39. The van der Waals surface area contributed by atoms with Crippen LogP contribution in [0.1, 0.15) is 13.8 Å². The predicted molar refractivity (Wildman–Crippen MR) is 40.3 cm³/mol. The summed E-state index contributed by atoms with van der Waals surface area (Å²) >= 11 is 0. The molecule has 0 aliphatic carbocycles. The Morgan fingerprint density at radius 3 is 2.73 bits per heavy atom. The van der Waals surface area contributed by atoms with Crippen LogP contribution in [-0.2, 0) is 4.74 Å². The second kappa shape index (κ2) is 5.64. The molecule has 0 radical (unpaired) electrons. The lowest BCUT2D eigenvalue weighted by molar-refractivity contribution is 0.147. The number of alkyl carbamates (subject to hydrolysis) is 1. The zero-order chi connectivity index (χ0) is 8.69. The number of hydrogen-bond acceptors (Lipinski definition) is 4. The van der Waals surface area contributed by atoms with Crippen molar-refractivity contribution >= 4 is 6.09 Å². The Balaban J connectivity index is 3.30. The number of amides is 1. The molecule has 5 nitrogen and oxygen atoms in total. The molecule has 0 bridgehead atoms. The summed E-state index contributed by atoms with van der Waals surface area (Å²) in [4.78, 5) is 20.2. The number of nitrogens with zero attached hydrogens (tertiary/aromatic N) is 1. The van der Waals surface area contributed by atoms with Gasteiger partial charge in [-0.25, -0.2) is 4.79 Å². The molecule has 1 N–H and O–H groups in total. The fourth-order valence-corrected chi connectivity index (χ4v) is 0.453. The van der Waals surface area contributed by atoms with Crippen LogP contribution in [0.2, 0.25) is 0 Å². The smallest absolute Gasteiger partial charge is 0.407 e. The maximum Gasteiger partial charge on any atom is 0.407 e. The minimum absolute atomic E-state index is 0.00547. The highest BCUT2D eigenvalue weighted by Crippen LogP contribution is 1.82. The van der Waals surface area contributed by atoms with Gasteiger partial charge in [-0.2, -0.15) is 4.91 Å². The fraction of sp³-hybridized carbons (Fsp3) is 0.833. The van der Waals surface area contributed by atoms with Crippen LogP contribution >= 0.6 is 0 Å². The average Bonchev–Trinajstić information content (AvgIpc) is 1.86. The van der Waals surface area contributed by atoms with E-state index in [1.165, 1.54) is 0 Å². The molecule has 11 heavy (non-hydrogen) atoms. The van der Waals surface area contributed by atoms with Gasteiger partial charge in [0.05, 0.1) is 0 Å². The normalized spacial score (nSPS) is 9.36. The maximum atomic E-state index is 10.7. The summed E-state index contributed by atoms with van der Waals surface area (Å²) in [5.41, 5.74) is 0. The Hall–Kier alpha value is -1.13. The number of nitroso groups, excluding NO2 is 1. The number of hydrogen-bond donors (Lipinski definition) is 1. The molecular weight excluding hydrogens is 148 g/mol. The second-order valence-electron chi connectivity index (χ2n) is 2.29. The largest absolute Gasteiger partial charge is 0.447 e. The van der Waals surface area contributed by atoms with E-state index in [9.17, 15) is 9.70 Å².